The Balaban J connectivity index is 1.55. The summed E-state index contributed by atoms with van der Waals surface area (Å²) in [6.07, 6.45) is 1.03. The Morgan fingerprint density at radius 3 is 2.84 bits per heavy atom. The highest BCUT2D eigenvalue weighted by atomic mass is 32.2. The number of benzene rings is 1. The minimum Gasteiger partial charge on any atom is -0.381 e. The second-order valence-electron chi connectivity index (χ2n) is 6.08. The van der Waals surface area contributed by atoms with E-state index in [2.05, 4.69) is 10.3 Å². The standard InChI is InChI=1S/C18H23N3O2S2/c1-3-21(10-14-8-9-23-11-14)17(22)20-15-4-6-16(7-5-15)25-18-19-13(2)12-24-18/h4-7,12,14H,3,8-11H2,1-2H3,(H,20,22)/t14-/m0/s1. The van der Waals surface area contributed by atoms with Gasteiger partial charge in [0.15, 0.2) is 4.34 Å². The van der Waals surface area contributed by atoms with Crippen LogP contribution in [-0.4, -0.2) is 42.2 Å². The molecule has 134 valence electrons. The molecular formula is C18H23N3O2S2. The molecule has 1 aromatic heterocycles. The monoisotopic (exact) mass is 377 g/mol. The third-order valence-corrected chi connectivity index (χ3v) is 6.14. The Labute approximate surface area is 156 Å². The number of ether oxygens (including phenoxy) is 1. The van der Waals surface area contributed by atoms with E-state index < -0.39 is 0 Å². The Bertz CT molecular complexity index is 697. The molecule has 25 heavy (non-hydrogen) atoms. The maximum absolute atomic E-state index is 12.5. The van der Waals surface area contributed by atoms with E-state index in [1.54, 1.807) is 23.1 Å². The molecule has 0 spiro atoms. The van der Waals surface area contributed by atoms with Crippen LogP contribution >= 0.6 is 23.1 Å². The molecule has 2 heterocycles. The fourth-order valence-electron chi connectivity index (χ4n) is 2.68. The van der Waals surface area contributed by atoms with Gasteiger partial charge in [0.25, 0.3) is 0 Å². The van der Waals surface area contributed by atoms with Gasteiger partial charge in [0.05, 0.1) is 6.61 Å². The molecule has 7 heteroatoms. The fourth-order valence-corrected chi connectivity index (χ4v) is 4.49. The minimum atomic E-state index is -0.0506. The van der Waals surface area contributed by atoms with E-state index in [0.29, 0.717) is 12.5 Å². The zero-order valence-electron chi connectivity index (χ0n) is 14.5. The van der Waals surface area contributed by atoms with Crippen molar-refractivity contribution in [2.45, 2.75) is 29.5 Å². The largest absolute Gasteiger partial charge is 0.381 e. The first-order valence-electron chi connectivity index (χ1n) is 8.47. The molecule has 1 aromatic carbocycles. The fraction of sp³-hybridized carbons (Fsp3) is 0.444. The van der Waals surface area contributed by atoms with Crippen molar-refractivity contribution in [2.75, 3.05) is 31.6 Å². The highest BCUT2D eigenvalue weighted by Gasteiger charge is 2.21. The SMILES string of the molecule is CCN(C[C@@H]1CCOC1)C(=O)Nc1ccc(Sc2nc(C)cs2)cc1. The number of amides is 2. The van der Waals surface area contributed by atoms with Crippen LogP contribution in [0.25, 0.3) is 0 Å². The number of thiazole rings is 1. The quantitative estimate of drug-likeness (QED) is 0.806. The van der Waals surface area contributed by atoms with Crippen LogP contribution in [0.15, 0.2) is 38.9 Å². The lowest BCUT2D eigenvalue weighted by atomic mass is 10.1. The van der Waals surface area contributed by atoms with Gasteiger partial charge in [0, 0.05) is 47.3 Å². The second kappa shape index (κ2) is 8.69. The van der Waals surface area contributed by atoms with Crippen molar-refractivity contribution in [3.05, 3.63) is 35.3 Å². The smallest absolute Gasteiger partial charge is 0.321 e. The van der Waals surface area contributed by atoms with Gasteiger partial charge in [-0.15, -0.1) is 11.3 Å². The number of hydrogen-bond acceptors (Lipinski definition) is 5. The Kier molecular flexibility index (Phi) is 6.34. The van der Waals surface area contributed by atoms with E-state index in [9.17, 15) is 4.79 Å². The number of aryl methyl sites for hydroxylation is 1. The number of carbonyl (C=O) groups excluding carboxylic acids is 1. The number of carbonyl (C=O) groups is 1. The number of hydrogen-bond donors (Lipinski definition) is 1. The molecule has 1 fully saturated rings. The lowest BCUT2D eigenvalue weighted by Gasteiger charge is -2.24. The number of nitrogens with zero attached hydrogens (tertiary/aromatic N) is 2. The Morgan fingerprint density at radius 1 is 1.44 bits per heavy atom. The van der Waals surface area contributed by atoms with E-state index in [-0.39, 0.29) is 6.03 Å². The molecule has 3 rings (SSSR count). The van der Waals surface area contributed by atoms with Crippen molar-refractivity contribution in [2.24, 2.45) is 5.92 Å². The zero-order chi connectivity index (χ0) is 17.6. The minimum absolute atomic E-state index is 0.0506. The molecule has 1 aliphatic heterocycles. The van der Waals surface area contributed by atoms with Crippen molar-refractivity contribution >= 4 is 34.8 Å². The lowest BCUT2D eigenvalue weighted by Crippen LogP contribution is -2.38. The summed E-state index contributed by atoms with van der Waals surface area (Å²) < 4.78 is 6.43. The predicted octanol–water partition coefficient (Wildman–Crippen LogP) is 4.49. The maximum atomic E-state index is 12.5. The second-order valence-corrected chi connectivity index (χ2v) is 8.26. The van der Waals surface area contributed by atoms with Gasteiger partial charge >= 0.3 is 6.03 Å². The molecule has 0 saturated carbocycles. The van der Waals surface area contributed by atoms with Gasteiger partial charge in [-0.1, -0.05) is 11.8 Å². The molecule has 1 atom stereocenters. The van der Waals surface area contributed by atoms with Crippen molar-refractivity contribution in [1.82, 2.24) is 9.88 Å². The van der Waals surface area contributed by atoms with Crippen molar-refractivity contribution in [3.63, 3.8) is 0 Å². The maximum Gasteiger partial charge on any atom is 0.321 e. The van der Waals surface area contributed by atoms with Gasteiger partial charge in [-0.2, -0.15) is 0 Å². The Morgan fingerprint density at radius 2 is 2.24 bits per heavy atom. The topological polar surface area (TPSA) is 54.5 Å². The van der Waals surface area contributed by atoms with Gasteiger partial charge in [-0.05, 0) is 44.5 Å². The van der Waals surface area contributed by atoms with Crippen molar-refractivity contribution in [1.29, 1.82) is 0 Å². The molecule has 2 aromatic rings. The molecule has 0 unspecified atom stereocenters. The average Bonchev–Trinajstić information content (AvgIpc) is 3.26. The molecule has 5 nitrogen and oxygen atoms in total. The van der Waals surface area contributed by atoms with Crippen LogP contribution in [0.3, 0.4) is 0 Å². The number of anilines is 1. The number of aromatic nitrogens is 1. The summed E-state index contributed by atoms with van der Waals surface area (Å²) in [7, 11) is 0. The number of urea groups is 1. The van der Waals surface area contributed by atoms with Gasteiger partial charge in [0.1, 0.15) is 0 Å². The molecular weight excluding hydrogens is 354 g/mol. The molecule has 1 N–H and O–H groups in total. The molecule has 1 aliphatic rings. The van der Waals surface area contributed by atoms with Crippen LogP contribution in [0.5, 0.6) is 0 Å². The van der Waals surface area contributed by atoms with Gasteiger partial charge in [0.2, 0.25) is 0 Å². The first-order chi connectivity index (χ1) is 12.1. The molecule has 1 saturated heterocycles. The summed E-state index contributed by atoms with van der Waals surface area (Å²) in [4.78, 5) is 19.9. The highest BCUT2D eigenvalue weighted by Crippen LogP contribution is 2.30. The summed E-state index contributed by atoms with van der Waals surface area (Å²) in [5, 5.41) is 5.03. The van der Waals surface area contributed by atoms with Crippen LogP contribution in [0.1, 0.15) is 19.0 Å². The molecule has 0 radical (unpaired) electrons. The van der Waals surface area contributed by atoms with Crippen molar-refractivity contribution < 1.29 is 9.53 Å². The van der Waals surface area contributed by atoms with Crippen LogP contribution in [0.2, 0.25) is 0 Å². The summed E-state index contributed by atoms with van der Waals surface area (Å²) in [6.45, 7) is 7.01. The van der Waals surface area contributed by atoms with Crippen LogP contribution < -0.4 is 5.32 Å². The van der Waals surface area contributed by atoms with E-state index in [0.717, 1.165) is 46.8 Å². The number of nitrogens with one attached hydrogen (secondary N) is 1. The Hall–Kier alpha value is -1.57. The molecule has 2 amide bonds. The normalized spacial score (nSPS) is 16.8. The lowest BCUT2D eigenvalue weighted by molar-refractivity contribution is 0.171. The molecule has 0 bridgehead atoms. The predicted molar refractivity (Wildman–Crippen MR) is 103 cm³/mol. The third-order valence-electron chi connectivity index (χ3n) is 4.08. The molecule has 0 aliphatic carbocycles. The average molecular weight is 378 g/mol. The van der Waals surface area contributed by atoms with Gasteiger partial charge in [-0.25, -0.2) is 9.78 Å². The van der Waals surface area contributed by atoms with Crippen LogP contribution in [0.4, 0.5) is 10.5 Å². The summed E-state index contributed by atoms with van der Waals surface area (Å²) in [6, 6.07) is 7.85. The summed E-state index contributed by atoms with van der Waals surface area (Å²) >= 11 is 3.28. The van der Waals surface area contributed by atoms with Crippen LogP contribution in [-0.2, 0) is 4.74 Å². The highest BCUT2D eigenvalue weighted by molar-refractivity contribution is 8.01. The van der Waals surface area contributed by atoms with Gasteiger partial charge < -0.3 is 15.0 Å². The first kappa shape index (κ1) is 18.2. The van der Waals surface area contributed by atoms with Crippen molar-refractivity contribution in [3.8, 4) is 0 Å². The van der Waals surface area contributed by atoms with E-state index in [4.69, 9.17) is 4.74 Å². The van der Waals surface area contributed by atoms with Crippen LogP contribution in [0, 0.1) is 12.8 Å². The summed E-state index contributed by atoms with van der Waals surface area (Å²) in [5.41, 5.74) is 1.86. The van der Waals surface area contributed by atoms with E-state index in [1.807, 2.05) is 48.4 Å². The summed E-state index contributed by atoms with van der Waals surface area (Å²) in [5.74, 6) is 0.450. The first-order valence-corrected chi connectivity index (χ1v) is 10.2. The van der Waals surface area contributed by atoms with E-state index >= 15 is 0 Å². The van der Waals surface area contributed by atoms with Gasteiger partial charge in [-0.3, -0.25) is 0 Å². The number of rotatable bonds is 6. The zero-order valence-corrected chi connectivity index (χ0v) is 16.2. The third kappa shape index (κ3) is 5.20. The van der Waals surface area contributed by atoms with E-state index in [1.165, 1.54) is 0 Å².